The standard InChI is InChI=1S/C13H17NO3/c1-3-8-14(9-7-13(15)16)11-5-4-6-12(10-11)17-2/h3-6,10H,1,7-9H2,2H3,(H,15,16). The summed E-state index contributed by atoms with van der Waals surface area (Å²) in [5.74, 6) is -0.0474. The molecule has 0 spiro atoms. The minimum absolute atomic E-state index is 0.102. The van der Waals surface area contributed by atoms with Gasteiger partial charge in [0.25, 0.3) is 0 Å². The van der Waals surface area contributed by atoms with Crippen LogP contribution in [0.1, 0.15) is 6.42 Å². The average molecular weight is 235 g/mol. The van der Waals surface area contributed by atoms with E-state index >= 15 is 0 Å². The van der Waals surface area contributed by atoms with Crippen LogP contribution in [0.5, 0.6) is 5.75 Å². The Morgan fingerprint density at radius 2 is 2.35 bits per heavy atom. The van der Waals surface area contributed by atoms with E-state index in [-0.39, 0.29) is 6.42 Å². The highest BCUT2D eigenvalue weighted by molar-refractivity contribution is 5.67. The molecule has 0 aliphatic heterocycles. The lowest BCUT2D eigenvalue weighted by atomic mass is 10.2. The molecule has 4 nitrogen and oxygen atoms in total. The van der Waals surface area contributed by atoms with Crippen molar-refractivity contribution in [3.63, 3.8) is 0 Å². The molecular formula is C13H17NO3. The molecule has 1 rings (SSSR count). The smallest absolute Gasteiger partial charge is 0.305 e. The Kier molecular flexibility index (Phi) is 5.07. The number of carboxylic acid groups (broad SMARTS) is 1. The zero-order valence-corrected chi connectivity index (χ0v) is 9.93. The molecule has 0 fully saturated rings. The van der Waals surface area contributed by atoms with Gasteiger partial charge in [0.15, 0.2) is 0 Å². The molecule has 4 heteroatoms. The van der Waals surface area contributed by atoms with Crippen LogP contribution in [0.25, 0.3) is 0 Å². The molecule has 0 radical (unpaired) electrons. The number of anilines is 1. The summed E-state index contributed by atoms with van der Waals surface area (Å²) < 4.78 is 5.14. The van der Waals surface area contributed by atoms with Gasteiger partial charge in [0.1, 0.15) is 5.75 Å². The lowest BCUT2D eigenvalue weighted by Gasteiger charge is -2.22. The second kappa shape index (κ2) is 6.58. The third-order valence-electron chi connectivity index (χ3n) is 2.36. The summed E-state index contributed by atoms with van der Waals surface area (Å²) in [6, 6.07) is 7.54. The molecule has 0 unspecified atom stereocenters. The third-order valence-corrected chi connectivity index (χ3v) is 2.36. The molecule has 0 saturated carbocycles. The van der Waals surface area contributed by atoms with E-state index < -0.39 is 5.97 Å². The van der Waals surface area contributed by atoms with Crippen molar-refractivity contribution in [2.45, 2.75) is 6.42 Å². The maximum absolute atomic E-state index is 10.6. The van der Waals surface area contributed by atoms with Gasteiger partial charge in [-0.15, -0.1) is 6.58 Å². The maximum atomic E-state index is 10.6. The second-order valence-corrected chi connectivity index (χ2v) is 3.58. The number of methoxy groups -OCH3 is 1. The van der Waals surface area contributed by atoms with E-state index in [0.717, 1.165) is 11.4 Å². The monoisotopic (exact) mass is 235 g/mol. The topological polar surface area (TPSA) is 49.8 Å². The number of carboxylic acids is 1. The van der Waals surface area contributed by atoms with Crippen molar-refractivity contribution in [1.82, 2.24) is 0 Å². The summed E-state index contributed by atoms with van der Waals surface area (Å²) in [6.07, 6.45) is 1.85. The zero-order chi connectivity index (χ0) is 12.7. The molecule has 1 aromatic rings. The molecule has 0 saturated heterocycles. The Balaban J connectivity index is 2.80. The SMILES string of the molecule is C=CCN(CCC(=O)O)c1cccc(OC)c1. The van der Waals surface area contributed by atoms with Crippen molar-refractivity contribution in [2.24, 2.45) is 0 Å². The van der Waals surface area contributed by atoms with Gasteiger partial charge < -0.3 is 14.7 Å². The molecular weight excluding hydrogens is 218 g/mol. The number of benzene rings is 1. The minimum Gasteiger partial charge on any atom is -0.497 e. The van der Waals surface area contributed by atoms with Crippen LogP contribution in [-0.4, -0.2) is 31.3 Å². The van der Waals surface area contributed by atoms with Crippen LogP contribution in [0.3, 0.4) is 0 Å². The normalized spacial score (nSPS) is 9.71. The Hall–Kier alpha value is -1.97. The molecule has 0 bridgehead atoms. The molecule has 0 aliphatic rings. The molecule has 0 aromatic heterocycles. The summed E-state index contributed by atoms with van der Waals surface area (Å²) in [7, 11) is 1.61. The van der Waals surface area contributed by atoms with E-state index in [1.807, 2.05) is 29.2 Å². The van der Waals surface area contributed by atoms with Crippen LogP contribution in [-0.2, 0) is 4.79 Å². The van der Waals surface area contributed by atoms with E-state index in [0.29, 0.717) is 13.1 Å². The fourth-order valence-electron chi connectivity index (χ4n) is 1.52. The van der Waals surface area contributed by atoms with Gasteiger partial charge in [-0.2, -0.15) is 0 Å². The molecule has 1 N–H and O–H groups in total. The number of aliphatic carboxylic acids is 1. The number of rotatable bonds is 7. The third kappa shape index (κ3) is 4.18. The fourth-order valence-corrected chi connectivity index (χ4v) is 1.52. The number of ether oxygens (including phenoxy) is 1. The van der Waals surface area contributed by atoms with Crippen molar-refractivity contribution in [3.05, 3.63) is 36.9 Å². The summed E-state index contributed by atoms with van der Waals surface area (Å²) in [5.41, 5.74) is 0.936. The molecule has 92 valence electrons. The molecule has 0 atom stereocenters. The van der Waals surface area contributed by atoms with Gasteiger partial charge in [-0.3, -0.25) is 4.79 Å². The van der Waals surface area contributed by atoms with Gasteiger partial charge in [0, 0.05) is 24.8 Å². The van der Waals surface area contributed by atoms with E-state index in [1.54, 1.807) is 13.2 Å². The van der Waals surface area contributed by atoms with Crippen molar-refractivity contribution in [1.29, 1.82) is 0 Å². The first-order valence-electron chi connectivity index (χ1n) is 5.39. The number of carbonyl (C=O) groups is 1. The average Bonchev–Trinajstić information content (AvgIpc) is 2.34. The van der Waals surface area contributed by atoms with Gasteiger partial charge >= 0.3 is 5.97 Å². The number of hydrogen-bond donors (Lipinski definition) is 1. The fraction of sp³-hybridized carbons (Fsp3) is 0.308. The Labute approximate surface area is 101 Å². The van der Waals surface area contributed by atoms with Gasteiger partial charge in [-0.1, -0.05) is 12.1 Å². The van der Waals surface area contributed by atoms with Crippen LogP contribution in [0.4, 0.5) is 5.69 Å². The molecule has 17 heavy (non-hydrogen) atoms. The molecule has 0 heterocycles. The first kappa shape index (κ1) is 13.1. The zero-order valence-electron chi connectivity index (χ0n) is 9.93. The Morgan fingerprint density at radius 3 is 2.94 bits per heavy atom. The van der Waals surface area contributed by atoms with Crippen molar-refractivity contribution in [3.8, 4) is 5.75 Å². The quantitative estimate of drug-likeness (QED) is 0.736. The van der Waals surface area contributed by atoms with Crippen LogP contribution >= 0.6 is 0 Å². The van der Waals surface area contributed by atoms with E-state index in [9.17, 15) is 4.79 Å². The molecule has 0 amide bonds. The Bertz CT molecular complexity index is 390. The van der Waals surface area contributed by atoms with E-state index in [2.05, 4.69) is 6.58 Å². The van der Waals surface area contributed by atoms with Crippen LogP contribution in [0.2, 0.25) is 0 Å². The first-order valence-corrected chi connectivity index (χ1v) is 5.39. The van der Waals surface area contributed by atoms with Crippen LogP contribution < -0.4 is 9.64 Å². The van der Waals surface area contributed by atoms with Crippen LogP contribution in [0.15, 0.2) is 36.9 Å². The molecule has 1 aromatic carbocycles. The summed E-state index contributed by atoms with van der Waals surface area (Å²) in [5, 5.41) is 8.70. The van der Waals surface area contributed by atoms with Crippen molar-refractivity contribution in [2.75, 3.05) is 25.1 Å². The lowest BCUT2D eigenvalue weighted by molar-refractivity contribution is -0.136. The predicted molar refractivity (Wildman–Crippen MR) is 67.7 cm³/mol. The maximum Gasteiger partial charge on any atom is 0.305 e. The van der Waals surface area contributed by atoms with Crippen molar-refractivity contribution >= 4 is 11.7 Å². The highest BCUT2D eigenvalue weighted by atomic mass is 16.5. The molecule has 0 aliphatic carbocycles. The summed E-state index contributed by atoms with van der Waals surface area (Å²) in [4.78, 5) is 12.5. The summed E-state index contributed by atoms with van der Waals surface area (Å²) >= 11 is 0. The van der Waals surface area contributed by atoms with E-state index in [4.69, 9.17) is 9.84 Å². The number of hydrogen-bond acceptors (Lipinski definition) is 3. The van der Waals surface area contributed by atoms with Gasteiger partial charge in [0.05, 0.1) is 13.5 Å². The highest BCUT2D eigenvalue weighted by Gasteiger charge is 2.07. The van der Waals surface area contributed by atoms with Gasteiger partial charge in [0.2, 0.25) is 0 Å². The lowest BCUT2D eigenvalue weighted by Crippen LogP contribution is -2.26. The number of nitrogens with zero attached hydrogens (tertiary/aromatic N) is 1. The predicted octanol–water partition coefficient (Wildman–Crippen LogP) is 2.16. The van der Waals surface area contributed by atoms with Crippen LogP contribution in [0, 0.1) is 0 Å². The second-order valence-electron chi connectivity index (χ2n) is 3.58. The first-order chi connectivity index (χ1) is 8.17. The van der Waals surface area contributed by atoms with Gasteiger partial charge in [-0.05, 0) is 12.1 Å². The largest absolute Gasteiger partial charge is 0.497 e. The van der Waals surface area contributed by atoms with Gasteiger partial charge in [-0.25, -0.2) is 0 Å². The Morgan fingerprint density at radius 1 is 1.59 bits per heavy atom. The van der Waals surface area contributed by atoms with Crippen molar-refractivity contribution < 1.29 is 14.6 Å². The van der Waals surface area contributed by atoms with E-state index in [1.165, 1.54) is 0 Å². The minimum atomic E-state index is -0.804. The highest BCUT2D eigenvalue weighted by Crippen LogP contribution is 2.21. The summed E-state index contributed by atoms with van der Waals surface area (Å²) in [6.45, 7) is 4.74.